The fraction of sp³-hybridized carbons (Fsp3) is 0.333. The number of carbonyl (C=O) groups excluding carboxylic acids is 2. The van der Waals surface area contributed by atoms with E-state index < -0.39 is 27.9 Å². The van der Waals surface area contributed by atoms with Gasteiger partial charge in [0.2, 0.25) is 10.0 Å². The number of rotatable bonds is 7. The Morgan fingerprint density at radius 3 is 2.32 bits per heavy atom. The number of aryl methyl sites for hydroxylation is 1. The molecular weight excluding hydrogens is 448 g/mol. The highest BCUT2D eigenvalue weighted by atomic mass is 79.9. The van der Waals surface area contributed by atoms with Crippen LogP contribution in [0.15, 0.2) is 45.9 Å². The first-order valence-corrected chi connectivity index (χ1v) is 10.9. The van der Waals surface area contributed by atoms with Crippen LogP contribution in [0, 0.1) is 12.8 Å². The molecule has 0 bridgehead atoms. The van der Waals surface area contributed by atoms with Gasteiger partial charge in [-0.1, -0.05) is 31.5 Å². The summed E-state index contributed by atoms with van der Waals surface area (Å²) in [6, 6.07) is 6.83. The zero-order valence-corrected chi connectivity index (χ0v) is 18.1. The van der Waals surface area contributed by atoms with Crippen LogP contribution in [-0.4, -0.2) is 31.3 Å². The summed E-state index contributed by atoms with van der Waals surface area (Å²) in [6.07, 6.45) is 1.84. The fourth-order valence-corrected chi connectivity index (χ4v) is 3.98. The minimum absolute atomic E-state index is 0.0477. The van der Waals surface area contributed by atoms with E-state index in [0.29, 0.717) is 4.47 Å². The highest BCUT2D eigenvalue weighted by Gasteiger charge is 2.27. The molecule has 0 saturated carbocycles. The van der Waals surface area contributed by atoms with Gasteiger partial charge < -0.3 is 4.98 Å². The molecular formula is C18H23BrN4O4S. The van der Waals surface area contributed by atoms with Gasteiger partial charge in [-0.05, 0) is 53.4 Å². The molecule has 10 heteroatoms. The zero-order valence-electron chi connectivity index (χ0n) is 15.7. The number of aromatic nitrogens is 1. The number of hydrogen-bond acceptors (Lipinski definition) is 4. The van der Waals surface area contributed by atoms with E-state index in [1.807, 2.05) is 20.8 Å². The molecule has 4 N–H and O–H groups in total. The first-order valence-electron chi connectivity index (χ1n) is 8.61. The summed E-state index contributed by atoms with van der Waals surface area (Å²) in [5, 5.41) is 0. The second-order valence-corrected chi connectivity index (χ2v) is 9.42. The monoisotopic (exact) mass is 470 g/mol. The molecule has 1 atom stereocenters. The van der Waals surface area contributed by atoms with Crippen molar-refractivity contribution < 1.29 is 18.0 Å². The van der Waals surface area contributed by atoms with Gasteiger partial charge in [0.1, 0.15) is 11.7 Å². The van der Waals surface area contributed by atoms with Crippen LogP contribution in [-0.2, 0) is 14.8 Å². The molecule has 1 aromatic heterocycles. The third kappa shape index (κ3) is 6.18. The third-order valence-corrected chi connectivity index (χ3v) is 5.79. The average molecular weight is 471 g/mol. The number of carbonyl (C=O) groups is 2. The largest absolute Gasteiger partial charge is 0.356 e. The molecule has 8 nitrogen and oxygen atoms in total. The fourth-order valence-electron chi connectivity index (χ4n) is 2.42. The number of sulfonamides is 1. The van der Waals surface area contributed by atoms with Gasteiger partial charge in [-0.3, -0.25) is 20.4 Å². The lowest BCUT2D eigenvalue weighted by Gasteiger charge is -2.20. The standard InChI is InChI=1S/C18H23BrN4O4S/c1-11(2)8-16(23-28(26,27)14-6-4-12(3)5-7-14)18(25)22-21-17(24)15-9-13(19)10-20-15/h4-7,9-11,16,20,23H,8H2,1-3H3,(H,21,24)(H,22,25). The highest BCUT2D eigenvalue weighted by Crippen LogP contribution is 2.13. The molecule has 2 rings (SSSR count). The minimum atomic E-state index is -3.89. The van der Waals surface area contributed by atoms with E-state index in [1.54, 1.807) is 24.4 Å². The number of benzene rings is 1. The smallest absolute Gasteiger partial charge is 0.286 e. The molecule has 1 aromatic carbocycles. The Bertz CT molecular complexity index is 939. The first-order chi connectivity index (χ1) is 13.1. The van der Waals surface area contributed by atoms with Gasteiger partial charge >= 0.3 is 0 Å². The summed E-state index contributed by atoms with van der Waals surface area (Å²) in [7, 11) is -3.89. The van der Waals surface area contributed by atoms with Crippen LogP contribution in [0.1, 0.15) is 36.3 Å². The molecule has 0 fully saturated rings. The maximum absolute atomic E-state index is 12.6. The van der Waals surface area contributed by atoms with Crippen molar-refractivity contribution >= 4 is 37.8 Å². The molecule has 0 aliphatic carbocycles. The van der Waals surface area contributed by atoms with E-state index in [4.69, 9.17) is 0 Å². The van der Waals surface area contributed by atoms with E-state index in [2.05, 4.69) is 36.5 Å². The van der Waals surface area contributed by atoms with E-state index in [-0.39, 0.29) is 22.9 Å². The Labute approximate surface area is 172 Å². The number of hydrogen-bond donors (Lipinski definition) is 4. The summed E-state index contributed by atoms with van der Waals surface area (Å²) < 4.78 is 28.3. The molecule has 0 aliphatic heterocycles. The maximum Gasteiger partial charge on any atom is 0.286 e. The molecule has 1 heterocycles. The van der Waals surface area contributed by atoms with Crippen molar-refractivity contribution in [3.8, 4) is 0 Å². The van der Waals surface area contributed by atoms with Crippen LogP contribution >= 0.6 is 15.9 Å². The molecule has 2 aromatic rings. The summed E-state index contributed by atoms with van der Waals surface area (Å²) in [5.74, 6) is -1.15. The van der Waals surface area contributed by atoms with Crippen molar-refractivity contribution in [1.29, 1.82) is 0 Å². The Morgan fingerprint density at radius 2 is 1.79 bits per heavy atom. The van der Waals surface area contributed by atoms with Crippen LogP contribution in [0.3, 0.4) is 0 Å². The molecule has 28 heavy (non-hydrogen) atoms. The van der Waals surface area contributed by atoms with Crippen molar-refractivity contribution in [1.82, 2.24) is 20.6 Å². The molecule has 152 valence electrons. The summed E-state index contributed by atoms with van der Waals surface area (Å²) in [6.45, 7) is 5.59. The lowest BCUT2D eigenvalue weighted by Crippen LogP contribution is -2.52. The predicted octanol–water partition coefficient (Wildman–Crippen LogP) is 2.24. The Kier molecular flexibility index (Phi) is 7.39. The van der Waals surface area contributed by atoms with Gasteiger partial charge in [0.25, 0.3) is 11.8 Å². The lowest BCUT2D eigenvalue weighted by molar-refractivity contribution is -0.123. The molecule has 0 radical (unpaired) electrons. The Hall–Kier alpha value is -2.17. The van der Waals surface area contributed by atoms with Gasteiger partial charge in [-0.25, -0.2) is 8.42 Å². The average Bonchev–Trinajstić information content (AvgIpc) is 3.05. The van der Waals surface area contributed by atoms with E-state index in [9.17, 15) is 18.0 Å². The van der Waals surface area contributed by atoms with Crippen LogP contribution in [0.25, 0.3) is 0 Å². The van der Waals surface area contributed by atoms with Gasteiger partial charge in [0, 0.05) is 10.7 Å². The third-order valence-electron chi connectivity index (χ3n) is 3.84. The van der Waals surface area contributed by atoms with E-state index in [0.717, 1.165) is 5.56 Å². The molecule has 0 spiro atoms. The van der Waals surface area contributed by atoms with Crippen molar-refractivity contribution in [3.05, 3.63) is 52.3 Å². The topological polar surface area (TPSA) is 120 Å². The number of halogens is 1. The van der Waals surface area contributed by atoms with Gasteiger partial charge in [-0.15, -0.1) is 0 Å². The minimum Gasteiger partial charge on any atom is -0.356 e. The highest BCUT2D eigenvalue weighted by molar-refractivity contribution is 9.10. The summed E-state index contributed by atoms with van der Waals surface area (Å²) in [4.78, 5) is 27.3. The summed E-state index contributed by atoms with van der Waals surface area (Å²) in [5.41, 5.74) is 5.72. The van der Waals surface area contributed by atoms with Gasteiger partial charge in [0.05, 0.1) is 4.90 Å². The number of aromatic amines is 1. The molecule has 1 unspecified atom stereocenters. The van der Waals surface area contributed by atoms with Gasteiger partial charge in [-0.2, -0.15) is 4.72 Å². The van der Waals surface area contributed by atoms with E-state index >= 15 is 0 Å². The van der Waals surface area contributed by atoms with E-state index in [1.165, 1.54) is 12.1 Å². The van der Waals surface area contributed by atoms with Crippen molar-refractivity contribution in [2.75, 3.05) is 0 Å². The number of nitrogens with one attached hydrogen (secondary N) is 4. The van der Waals surface area contributed by atoms with Crippen LogP contribution in [0.2, 0.25) is 0 Å². The number of hydrazine groups is 1. The number of amides is 2. The molecule has 2 amide bonds. The lowest BCUT2D eigenvalue weighted by atomic mass is 10.0. The van der Waals surface area contributed by atoms with Crippen molar-refractivity contribution in [2.24, 2.45) is 5.92 Å². The molecule has 0 aliphatic rings. The SMILES string of the molecule is Cc1ccc(S(=O)(=O)NC(CC(C)C)C(=O)NNC(=O)c2cc(Br)c[nH]2)cc1. The Morgan fingerprint density at radius 1 is 1.14 bits per heavy atom. The van der Waals surface area contributed by atoms with Crippen LogP contribution < -0.4 is 15.6 Å². The van der Waals surface area contributed by atoms with Gasteiger partial charge in [0.15, 0.2) is 0 Å². The second-order valence-electron chi connectivity index (χ2n) is 6.79. The van der Waals surface area contributed by atoms with Crippen LogP contribution in [0.5, 0.6) is 0 Å². The quantitative estimate of drug-likeness (QED) is 0.463. The zero-order chi connectivity index (χ0) is 20.9. The second kappa shape index (κ2) is 9.35. The number of H-pyrrole nitrogens is 1. The maximum atomic E-state index is 12.6. The molecule has 0 saturated heterocycles. The first kappa shape index (κ1) is 22.1. The normalized spacial score (nSPS) is 12.6. The van der Waals surface area contributed by atoms with Crippen molar-refractivity contribution in [2.45, 2.75) is 38.1 Å². The summed E-state index contributed by atoms with van der Waals surface area (Å²) >= 11 is 3.22. The van der Waals surface area contributed by atoms with Crippen molar-refractivity contribution in [3.63, 3.8) is 0 Å². The Balaban J connectivity index is 2.08. The predicted molar refractivity (Wildman–Crippen MR) is 109 cm³/mol. The van der Waals surface area contributed by atoms with Crippen LogP contribution in [0.4, 0.5) is 0 Å².